The zero-order chi connectivity index (χ0) is 17.6. The van der Waals surface area contributed by atoms with Crippen molar-refractivity contribution in [2.45, 2.75) is 39.5 Å². The van der Waals surface area contributed by atoms with Gasteiger partial charge >= 0.3 is 0 Å². The molecule has 0 saturated heterocycles. The van der Waals surface area contributed by atoms with Crippen LogP contribution in [0.15, 0.2) is 30.3 Å². The Morgan fingerprint density at radius 1 is 0.917 bits per heavy atom. The first-order valence-electron chi connectivity index (χ1n) is 8.95. The monoisotopic (exact) mass is 333 g/mol. The number of amides is 2. The van der Waals surface area contributed by atoms with Crippen LogP contribution in [-0.2, 0) is 16.0 Å². The van der Waals surface area contributed by atoms with Gasteiger partial charge in [-0.1, -0.05) is 44.2 Å². The highest BCUT2D eigenvalue weighted by molar-refractivity contribution is 5.83. The average Bonchev–Trinajstić information content (AvgIpc) is 2.61. The third-order valence-corrected chi connectivity index (χ3v) is 4.03. The van der Waals surface area contributed by atoms with Gasteiger partial charge in [-0.2, -0.15) is 0 Å². The number of hydrogen-bond acceptors (Lipinski definition) is 3. The van der Waals surface area contributed by atoms with Gasteiger partial charge in [-0.3, -0.25) is 9.59 Å². The van der Waals surface area contributed by atoms with E-state index in [2.05, 4.69) is 29.4 Å². The van der Waals surface area contributed by atoms with Crippen LogP contribution in [0.1, 0.15) is 38.7 Å². The Hall–Kier alpha value is -1.88. The summed E-state index contributed by atoms with van der Waals surface area (Å²) in [6, 6.07) is 10.0. The number of nitrogens with one attached hydrogen (secondary N) is 2. The van der Waals surface area contributed by atoms with E-state index < -0.39 is 0 Å². The number of carbonyl (C=O) groups is 2. The molecule has 1 rings (SSSR count). The summed E-state index contributed by atoms with van der Waals surface area (Å²) in [6.07, 6.45) is 2.25. The van der Waals surface area contributed by atoms with E-state index in [1.807, 2.05) is 30.3 Å². The zero-order valence-electron chi connectivity index (χ0n) is 15.0. The van der Waals surface area contributed by atoms with Crippen LogP contribution in [0.4, 0.5) is 0 Å². The molecule has 0 bridgehead atoms. The van der Waals surface area contributed by atoms with Crippen LogP contribution in [0, 0.1) is 0 Å². The molecule has 0 aliphatic carbocycles. The van der Waals surface area contributed by atoms with Crippen LogP contribution < -0.4 is 10.6 Å². The van der Waals surface area contributed by atoms with Gasteiger partial charge in [0.25, 0.3) is 0 Å². The largest absolute Gasteiger partial charge is 0.356 e. The summed E-state index contributed by atoms with van der Waals surface area (Å²) in [5.41, 5.74) is 1.20. The lowest BCUT2D eigenvalue weighted by Crippen LogP contribution is -2.31. The van der Waals surface area contributed by atoms with E-state index in [-0.39, 0.29) is 24.7 Å². The van der Waals surface area contributed by atoms with Gasteiger partial charge < -0.3 is 15.5 Å². The fourth-order valence-electron chi connectivity index (χ4n) is 2.47. The molecule has 0 heterocycles. The summed E-state index contributed by atoms with van der Waals surface area (Å²) >= 11 is 0. The van der Waals surface area contributed by atoms with Gasteiger partial charge in [-0.15, -0.1) is 0 Å². The predicted molar refractivity (Wildman–Crippen MR) is 97.8 cm³/mol. The molecule has 0 atom stereocenters. The van der Waals surface area contributed by atoms with Crippen molar-refractivity contribution in [3.8, 4) is 0 Å². The Morgan fingerprint density at radius 3 is 2.08 bits per heavy atom. The Bertz CT molecular complexity index is 473. The molecule has 5 heteroatoms. The topological polar surface area (TPSA) is 61.4 Å². The van der Waals surface area contributed by atoms with Gasteiger partial charge in [-0.05, 0) is 38.0 Å². The predicted octanol–water partition coefficient (Wildman–Crippen LogP) is 1.97. The Kier molecular flexibility index (Phi) is 10.5. The molecule has 0 unspecified atom stereocenters. The number of benzene rings is 1. The standard InChI is InChI=1S/C19H31N3O2/c1-3-22(4-2)16-8-14-20-18(23)11-12-19(24)21-15-13-17-9-6-5-7-10-17/h5-7,9-10H,3-4,8,11-16H2,1-2H3,(H,20,23)(H,21,24). The van der Waals surface area contributed by atoms with Crippen molar-refractivity contribution in [2.75, 3.05) is 32.7 Å². The maximum atomic E-state index is 11.7. The van der Waals surface area contributed by atoms with E-state index in [0.29, 0.717) is 13.1 Å². The first-order valence-corrected chi connectivity index (χ1v) is 8.95. The molecule has 5 nitrogen and oxygen atoms in total. The van der Waals surface area contributed by atoms with Crippen molar-refractivity contribution in [2.24, 2.45) is 0 Å². The van der Waals surface area contributed by atoms with Crippen LogP contribution >= 0.6 is 0 Å². The summed E-state index contributed by atoms with van der Waals surface area (Å²) in [7, 11) is 0. The van der Waals surface area contributed by atoms with Crippen LogP contribution in [-0.4, -0.2) is 49.4 Å². The van der Waals surface area contributed by atoms with Crippen LogP contribution in [0.2, 0.25) is 0 Å². The molecule has 1 aromatic rings. The van der Waals surface area contributed by atoms with Crippen molar-refractivity contribution in [1.29, 1.82) is 0 Å². The first kappa shape index (κ1) is 20.2. The molecule has 0 aliphatic rings. The molecule has 0 saturated carbocycles. The van der Waals surface area contributed by atoms with Gasteiger partial charge in [-0.25, -0.2) is 0 Å². The fourth-order valence-corrected chi connectivity index (χ4v) is 2.47. The molecule has 0 spiro atoms. The van der Waals surface area contributed by atoms with E-state index >= 15 is 0 Å². The molecule has 1 aromatic carbocycles. The third kappa shape index (κ3) is 9.30. The Morgan fingerprint density at radius 2 is 1.50 bits per heavy atom. The first-order chi connectivity index (χ1) is 11.7. The highest BCUT2D eigenvalue weighted by Gasteiger charge is 2.06. The number of hydrogen-bond donors (Lipinski definition) is 2. The summed E-state index contributed by atoms with van der Waals surface area (Å²) in [4.78, 5) is 25.8. The average molecular weight is 333 g/mol. The summed E-state index contributed by atoms with van der Waals surface area (Å²) in [6.45, 7) is 8.62. The highest BCUT2D eigenvalue weighted by atomic mass is 16.2. The van der Waals surface area contributed by atoms with Crippen molar-refractivity contribution in [1.82, 2.24) is 15.5 Å². The lowest BCUT2D eigenvalue weighted by molar-refractivity contribution is -0.126. The molecule has 0 fully saturated rings. The maximum Gasteiger partial charge on any atom is 0.220 e. The summed E-state index contributed by atoms with van der Waals surface area (Å²) in [5, 5.41) is 5.74. The molecular formula is C19H31N3O2. The van der Waals surface area contributed by atoms with Crippen molar-refractivity contribution in [3.63, 3.8) is 0 Å². The van der Waals surface area contributed by atoms with Crippen LogP contribution in [0.3, 0.4) is 0 Å². The minimum Gasteiger partial charge on any atom is -0.356 e. The summed E-state index contributed by atoms with van der Waals surface area (Å²) < 4.78 is 0. The van der Waals surface area contributed by atoms with Crippen molar-refractivity contribution < 1.29 is 9.59 Å². The zero-order valence-corrected chi connectivity index (χ0v) is 15.0. The van der Waals surface area contributed by atoms with Gasteiger partial charge in [0.05, 0.1) is 0 Å². The maximum absolute atomic E-state index is 11.7. The van der Waals surface area contributed by atoms with E-state index in [9.17, 15) is 9.59 Å². The smallest absolute Gasteiger partial charge is 0.220 e. The lowest BCUT2D eigenvalue weighted by atomic mass is 10.1. The van der Waals surface area contributed by atoms with Gasteiger partial charge in [0.2, 0.25) is 11.8 Å². The minimum absolute atomic E-state index is 0.0484. The molecule has 24 heavy (non-hydrogen) atoms. The number of carbonyl (C=O) groups excluding carboxylic acids is 2. The molecule has 2 N–H and O–H groups in total. The van der Waals surface area contributed by atoms with Gasteiger partial charge in [0, 0.05) is 25.9 Å². The SMILES string of the molecule is CCN(CC)CCCNC(=O)CCC(=O)NCCc1ccccc1. The number of rotatable bonds is 12. The normalized spacial score (nSPS) is 10.6. The van der Waals surface area contributed by atoms with E-state index in [1.165, 1.54) is 5.56 Å². The minimum atomic E-state index is -0.0655. The van der Waals surface area contributed by atoms with E-state index in [1.54, 1.807) is 0 Å². The molecule has 0 aliphatic heterocycles. The van der Waals surface area contributed by atoms with Crippen LogP contribution in [0.5, 0.6) is 0 Å². The highest BCUT2D eigenvalue weighted by Crippen LogP contribution is 1.98. The van der Waals surface area contributed by atoms with Gasteiger partial charge in [0.15, 0.2) is 0 Å². The second kappa shape index (κ2) is 12.5. The van der Waals surface area contributed by atoms with Crippen molar-refractivity contribution in [3.05, 3.63) is 35.9 Å². The Balaban J connectivity index is 2.04. The molecule has 2 amide bonds. The van der Waals surface area contributed by atoms with Crippen molar-refractivity contribution >= 4 is 11.8 Å². The molecular weight excluding hydrogens is 302 g/mol. The van der Waals surface area contributed by atoms with Crippen LogP contribution in [0.25, 0.3) is 0 Å². The third-order valence-electron chi connectivity index (χ3n) is 4.03. The van der Waals surface area contributed by atoms with E-state index in [4.69, 9.17) is 0 Å². The van der Waals surface area contributed by atoms with Gasteiger partial charge in [0.1, 0.15) is 0 Å². The number of nitrogens with zero attached hydrogens (tertiary/aromatic N) is 1. The molecule has 134 valence electrons. The fraction of sp³-hybridized carbons (Fsp3) is 0.579. The molecule has 0 radical (unpaired) electrons. The quantitative estimate of drug-likeness (QED) is 0.575. The second-order valence-electron chi connectivity index (χ2n) is 5.82. The van der Waals surface area contributed by atoms with E-state index in [0.717, 1.165) is 32.5 Å². The molecule has 0 aromatic heterocycles. The lowest BCUT2D eigenvalue weighted by Gasteiger charge is -2.17. The Labute approximate surface area is 145 Å². The second-order valence-corrected chi connectivity index (χ2v) is 5.82. The summed E-state index contributed by atoms with van der Waals surface area (Å²) in [5.74, 6) is -0.114.